The van der Waals surface area contributed by atoms with Crippen molar-refractivity contribution < 1.29 is 59.8 Å². The van der Waals surface area contributed by atoms with E-state index in [4.69, 9.17) is 18.9 Å². The second kappa shape index (κ2) is 15.5. The molecule has 0 bridgehead atoms. The second-order valence-corrected chi connectivity index (χ2v) is 19.4. The Hall–Kier alpha value is -1.90. The van der Waals surface area contributed by atoms with Crippen LogP contribution >= 0.6 is 0 Å². The van der Waals surface area contributed by atoms with Crippen LogP contribution in [0.5, 0.6) is 0 Å². The van der Waals surface area contributed by atoms with Crippen molar-refractivity contribution in [1.82, 2.24) is 19.9 Å². The number of hydrogen-bond acceptors (Lipinski definition) is 15. The van der Waals surface area contributed by atoms with E-state index in [1.165, 1.54) is 15.8 Å². The van der Waals surface area contributed by atoms with Crippen molar-refractivity contribution in [2.75, 3.05) is 19.8 Å². The smallest absolute Gasteiger partial charge is 0.187 e. The highest BCUT2D eigenvalue weighted by molar-refractivity contribution is 5.38. The third-order valence-corrected chi connectivity index (χ3v) is 16.3. The van der Waals surface area contributed by atoms with Gasteiger partial charge in [0.15, 0.2) is 12.5 Å². The number of nitrogens with zero attached hydrogens (tertiary/aromatic N) is 4. The molecule has 4 aliphatic heterocycles. The molecule has 1 spiro atoms. The van der Waals surface area contributed by atoms with Gasteiger partial charge in [0, 0.05) is 25.0 Å². The lowest BCUT2D eigenvalue weighted by atomic mass is 9.56. The molecule has 0 radical (unpaired) electrons. The molecular formula is C42H64N4O12. The van der Waals surface area contributed by atoms with E-state index in [0.29, 0.717) is 35.9 Å². The Morgan fingerprint density at radius 2 is 1.69 bits per heavy atom. The molecular weight excluding hydrogens is 752 g/mol. The highest BCUT2D eigenvalue weighted by Crippen LogP contribution is 2.65. The highest BCUT2D eigenvalue weighted by Gasteiger charge is 2.62. The minimum atomic E-state index is -1.75. The molecule has 58 heavy (non-hydrogen) atoms. The van der Waals surface area contributed by atoms with E-state index >= 15 is 0 Å². The molecule has 16 nitrogen and oxygen atoms in total. The Morgan fingerprint density at radius 1 is 0.914 bits per heavy atom. The first kappa shape index (κ1) is 41.5. The number of piperidine rings is 1. The highest BCUT2D eigenvalue weighted by atomic mass is 16.7. The molecule has 2 saturated carbocycles. The van der Waals surface area contributed by atoms with E-state index < -0.39 is 74.6 Å². The van der Waals surface area contributed by atoms with Crippen LogP contribution in [0.3, 0.4) is 0 Å². The molecule has 4 saturated heterocycles. The normalized spacial score (nSPS) is 50.7. The van der Waals surface area contributed by atoms with Crippen molar-refractivity contribution >= 4 is 0 Å². The number of allylic oxidation sites excluding steroid dienone is 2. The van der Waals surface area contributed by atoms with Gasteiger partial charge in [0.25, 0.3) is 0 Å². The quantitative estimate of drug-likeness (QED) is 0.173. The fourth-order valence-electron chi connectivity index (χ4n) is 13.2. The van der Waals surface area contributed by atoms with E-state index in [1.807, 2.05) is 0 Å². The summed E-state index contributed by atoms with van der Waals surface area (Å²) in [6, 6.07) is 0.167. The van der Waals surface area contributed by atoms with Gasteiger partial charge in [0.05, 0.1) is 42.9 Å². The summed E-state index contributed by atoms with van der Waals surface area (Å²) in [5.74, 6) is 2.51. The van der Waals surface area contributed by atoms with Gasteiger partial charge in [0.2, 0.25) is 0 Å². The third-order valence-electron chi connectivity index (χ3n) is 16.3. The minimum Gasteiger partial charge on any atom is -0.394 e. The van der Waals surface area contributed by atoms with Crippen LogP contribution in [-0.2, 0) is 25.5 Å². The average molecular weight is 817 g/mol. The number of fused-ring (bicyclic) bond motifs is 6. The predicted molar refractivity (Wildman–Crippen MR) is 204 cm³/mol. The van der Waals surface area contributed by atoms with Crippen LogP contribution in [0.25, 0.3) is 0 Å². The van der Waals surface area contributed by atoms with E-state index in [-0.39, 0.29) is 35.2 Å². The van der Waals surface area contributed by atoms with Crippen LogP contribution in [0.4, 0.5) is 0 Å². The summed E-state index contributed by atoms with van der Waals surface area (Å²) in [6.07, 6.45) is -2.86. The summed E-state index contributed by atoms with van der Waals surface area (Å²) >= 11 is 0. The Labute approximate surface area is 339 Å². The van der Waals surface area contributed by atoms with Gasteiger partial charge in [-0.1, -0.05) is 43.2 Å². The molecule has 9 rings (SSSR count). The molecule has 324 valence electrons. The minimum absolute atomic E-state index is 0.0692. The zero-order valence-corrected chi connectivity index (χ0v) is 34.0. The van der Waals surface area contributed by atoms with Crippen LogP contribution in [0.15, 0.2) is 29.0 Å². The fraction of sp³-hybridized carbons (Fsp3) is 0.857. The summed E-state index contributed by atoms with van der Waals surface area (Å²) < 4.78 is 25.9. The maximum absolute atomic E-state index is 11.3. The van der Waals surface area contributed by atoms with Gasteiger partial charge in [-0.3, -0.25) is 4.90 Å². The topological polar surface area (TPSA) is 233 Å². The molecule has 20 atom stereocenters. The lowest BCUT2D eigenvalue weighted by molar-refractivity contribution is -0.347. The summed E-state index contributed by atoms with van der Waals surface area (Å²) in [4.78, 5) is 2.48. The van der Waals surface area contributed by atoms with Gasteiger partial charge < -0.3 is 59.8 Å². The van der Waals surface area contributed by atoms with Gasteiger partial charge >= 0.3 is 0 Å². The zero-order chi connectivity index (χ0) is 41.0. The second-order valence-electron chi connectivity index (χ2n) is 19.4. The lowest BCUT2D eigenvalue weighted by Gasteiger charge is -2.49. The number of aliphatic hydroxyl groups is 8. The molecule has 0 amide bonds. The summed E-state index contributed by atoms with van der Waals surface area (Å²) in [6.45, 7) is 9.50. The van der Waals surface area contributed by atoms with Crippen LogP contribution < -0.4 is 0 Å². The van der Waals surface area contributed by atoms with Gasteiger partial charge in [-0.05, 0) is 93.0 Å². The first-order valence-corrected chi connectivity index (χ1v) is 21.7. The van der Waals surface area contributed by atoms with Gasteiger partial charge in [0.1, 0.15) is 48.8 Å². The van der Waals surface area contributed by atoms with Crippen molar-refractivity contribution in [3.05, 3.63) is 34.7 Å². The van der Waals surface area contributed by atoms with Crippen LogP contribution in [0.1, 0.15) is 91.0 Å². The third kappa shape index (κ3) is 6.51. The molecule has 8 aliphatic rings. The standard InChI is InChI=1S/C42H64N4O12/c1-19-11-29-32(21(3)42(58-29)10-8-25-26-6-5-22-12-24(49)7-9-41(22,4)28(26)13-27(25)20(42)2)45(14-19)15-23-16-46(44-43-23)39-36(53)35(52)38(31(18-48)55-39)57-40-37(54)34(51)33(50)30(17-47)56-40/h5,16,19,21,24-26,28-40,47-54H,6-15,17-18H2,1-4H3/t19-,21+,24-,25-,26-,28-,29+,30?,31?,32-,33-,34?,35?,36+,37+,38-,39+,40-,41-,42-/m0/s1. The largest absolute Gasteiger partial charge is 0.394 e. The zero-order valence-electron chi connectivity index (χ0n) is 34.0. The van der Waals surface area contributed by atoms with Gasteiger partial charge in [-0.2, -0.15) is 0 Å². The number of aromatic nitrogens is 3. The number of hydrogen-bond donors (Lipinski definition) is 8. The number of likely N-dealkylation sites (tertiary alicyclic amines) is 1. The molecule has 4 unspecified atom stereocenters. The molecule has 6 fully saturated rings. The molecule has 1 aromatic heterocycles. The maximum atomic E-state index is 11.3. The lowest BCUT2D eigenvalue weighted by Crippen LogP contribution is -2.63. The van der Waals surface area contributed by atoms with Crippen LogP contribution in [0.2, 0.25) is 0 Å². The summed E-state index contributed by atoms with van der Waals surface area (Å²) in [5, 5.41) is 92.4. The predicted octanol–water partition coefficient (Wildman–Crippen LogP) is 0.303. The Kier molecular flexibility index (Phi) is 11.1. The van der Waals surface area contributed by atoms with Crippen molar-refractivity contribution in [3.8, 4) is 0 Å². The van der Waals surface area contributed by atoms with Gasteiger partial charge in [-0.25, -0.2) is 4.68 Å². The number of aliphatic hydroxyl groups excluding tert-OH is 8. The number of ether oxygens (including phenoxy) is 4. The molecule has 8 N–H and O–H groups in total. The monoisotopic (exact) mass is 816 g/mol. The van der Waals surface area contributed by atoms with Crippen molar-refractivity contribution in [2.45, 2.75) is 171 Å². The SMILES string of the molecule is CC1=C2C[C@H]3[C@@H](CC=C4C[C@@H](O)CC[C@@]43C)[C@@H]2CC[C@]12O[C@@H]1C[C@H](C)CN(Cc3cn([C@@H]4OC(CO)[C@H](O[C@@H]5OC(CO)[C@H](O)C(O)[C@H]5O)C(O)[C@H]4O)nn3)[C@H]1[C@H]2C. The summed E-state index contributed by atoms with van der Waals surface area (Å²) in [7, 11) is 0. The van der Waals surface area contributed by atoms with Crippen LogP contribution in [0, 0.1) is 35.0 Å². The average Bonchev–Trinajstić information content (AvgIpc) is 3.90. The Bertz CT molecular complexity index is 1740. The molecule has 16 heteroatoms. The van der Waals surface area contributed by atoms with E-state index in [0.717, 1.165) is 57.9 Å². The fourth-order valence-corrected chi connectivity index (χ4v) is 13.2. The van der Waals surface area contributed by atoms with Gasteiger partial charge in [-0.15, -0.1) is 5.10 Å². The first-order valence-electron chi connectivity index (χ1n) is 21.7. The van der Waals surface area contributed by atoms with E-state index in [2.05, 4.69) is 49.0 Å². The molecule has 4 aliphatic carbocycles. The van der Waals surface area contributed by atoms with Crippen LogP contribution in [-0.4, -0.2) is 159 Å². The number of rotatable bonds is 7. The molecule has 0 aromatic carbocycles. The van der Waals surface area contributed by atoms with E-state index in [9.17, 15) is 40.9 Å². The maximum Gasteiger partial charge on any atom is 0.187 e. The molecule has 5 heterocycles. The van der Waals surface area contributed by atoms with E-state index in [1.54, 1.807) is 11.8 Å². The first-order chi connectivity index (χ1) is 27.7. The molecule has 1 aromatic rings. The van der Waals surface area contributed by atoms with Crippen molar-refractivity contribution in [3.63, 3.8) is 0 Å². The van der Waals surface area contributed by atoms with Crippen molar-refractivity contribution in [2.24, 2.45) is 35.0 Å². The Morgan fingerprint density at radius 3 is 2.45 bits per heavy atom. The van der Waals surface area contributed by atoms with Crippen molar-refractivity contribution in [1.29, 1.82) is 0 Å². The Balaban J connectivity index is 0.899. The summed E-state index contributed by atoms with van der Waals surface area (Å²) in [5.41, 5.74) is 5.06.